The topological polar surface area (TPSA) is 38.8 Å². The molecule has 2 heterocycles. The van der Waals surface area contributed by atoms with Crippen molar-refractivity contribution in [1.29, 1.82) is 0 Å². The van der Waals surface area contributed by atoms with E-state index < -0.39 is 0 Å². The van der Waals surface area contributed by atoms with Crippen molar-refractivity contribution in [2.75, 3.05) is 32.7 Å². The fourth-order valence-electron chi connectivity index (χ4n) is 4.15. The summed E-state index contributed by atoms with van der Waals surface area (Å²) < 4.78 is 0. The Labute approximate surface area is 168 Å². The fourth-order valence-corrected chi connectivity index (χ4v) is 4.70. The van der Waals surface area contributed by atoms with Crippen LogP contribution >= 0.6 is 12.2 Å². The van der Waals surface area contributed by atoms with E-state index in [0.29, 0.717) is 19.0 Å². The standard InChI is InChI=1S/C21H32N4OS/c1-17-15-21(2,3)22-20(27)25(17)10-9-19(26)24-13-11-23(12-14-24)16-18-7-5-4-6-8-18/h4-8,17H,9-16H2,1-3H3,(H,22,27)/t17-/m1/s1. The van der Waals surface area contributed by atoms with Crippen LogP contribution in [0.3, 0.4) is 0 Å². The Hall–Kier alpha value is -1.66. The number of nitrogens with zero attached hydrogens (tertiary/aromatic N) is 3. The molecule has 0 aliphatic carbocycles. The third-order valence-corrected chi connectivity index (χ3v) is 5.92. The van der Waals surface area contributed by atoms with Crippen LogP contribution in [-0.2, 0) is 11.3 Å². The molecule has 0 spiro atoms. The van der Waals surface area contributed by atoms with Gasteiger partial charge in [-0.05, 0) is 45.0 Å². The van der Waals surface area contributed by atoms with Crippen LogP contribution in [0.4, 0.5) is 0 Å². The Bertz CT molecular complexity index is 655. The molecule has 3 rings (SSSR count). The summed E-state index contributed by atoms with van der Waals surface area (Å²) in [7, 11) is 0. The highest BCUT2D eigenvalue weighted by molar-refractivity contribution is 7.80. The van der Waals surface area contributed by atoms with Crippen LogP contribution in [0, 0.1) is 0 Å². The number of rotatable bonds is 5. The van der Waals surface area contributed by atoms with E-state index >= 15 is 0 Å². The molecule has 0 saturated carbocycles. The number of carbonyl (C=O) groups is 1. The van der Waals surface area contributed by atoms with Gasteiger partial charge in [0.2, 0.25) is 5.91 Å². The van der Waals surface area contributed by atoms with E-state index in [2.05, 4.69) is 60.2 Å². The minimum atomic E-state index is 0.0338. The molecule has 2 aliphatic rings. The highest BCUT2D eigenvalue weighted by Crippen LogP contribution is 2.22. The van der Waals surface area contributed by atoms with Crippen LogP contribution in [0.1, 0.15) is 39.2 Å². The third kappa shape index (κ3) is 5.42. The van der Waals surface area contributed by atoms with Gasteiger partial charge in [0.15, 0.2) is 5.11 Å². The first-order chi connectivity index (χ1) is 12.8. The van der Waals surface area contributed by atoms with Gasteiger partial charge < -0.3 is 15.1 Å². The normalized spacial score (nSPS) is 23.2. The maximum Gasteiger partial charge on any atom is 0.224 e. The Balaban J connectivity index is 1.43. The van der Waals surface area contributed by atoms with E-state index in [4.69, 9.17) is 12.2 Å². The van der Waals surface area contributed by atoms with Crippen LogP contribution in [0.25, 0.3) is 0 Å². The summed E-state index contributed by atoms with van der Waals surface area (Å²) in [6.07, 6.45) is 1.56. The zero-order valence-electron chi connectivity index (χ0n) is 16.8. The van der Waals surface area contributed by atoms with Crippen molar-refractivity contribution in [3.8, 4) is 0 Å². The second-order valence-electron chi connectivity index (χ2n) is 8.45. The predicted octanol–water partition coefficient (Wildman–Crippen LogP) is 2.47. The Morgan fingerprint density at radius 2 is 1.85 bits per heavy atom. The fraction of sp³-hybridized carbons (Fsp3) is 0.619. The SMILES string of the molecule is C[C@@H]1CC(C)(C)NC(=S)N1CCC(=O)N1CCN(Cc2ccccc2)CC1. The van der Waals surface area contributed by atoms with Crippen LogP contribution < -0.4 is 5.32 Å². The van der Waals surface area contributed by atoms with E-state index in [9.17, 15) is 4.79 Å². The van der Waals surface area contributed by atoms with Gasteiger partial charge in [-0.25, -0.2) is 0 Å². The van der Waals surface area contributed by atoms with E-state index in [0.717, 1.165) is 44.3 Å². The molecular formula is C21H32N4OS. The van der Waals surface area contributed by atoms with Gasteiger partial charge in [-0.15, -0.1) is 0 Å². The summed E-state index contributed by atoms with van der Waals surface area (Å²) in [6.45, 7) is 11.7. The molecule has 0 unspecified atom stereocenters. The quantitative estimate of drug-likeness (QED) is 0.785. The van der Waals surface area contributed by atoms with Crippen LogP contribution in [0.15, 0.2) is 30.3 Å². The minimum absolute atomic E-state index is 0.0338. The van der Waals surface area contributed by atoms with Gasteiger partial charge in [-0.3, -0.25) is 9.69 Å². The zero-order valence-corrected chi connectivity index (χ0v) is 17.6. The van der Waals surface area contributed by atoms with Gasteiger partial charge in [0, 0.05) is 57.3 Å². The Morgan fingerprint density at radius 1 is 1.19 bits per heavy atom. The lowest BCUT2D eigenvalue weighted by Crippen LogP contribution is -2.60. The number of benzene rings is 1. The molecule has 148 valence electrons. The minimum Gasteiger partial charge on any atom is -0.358 e. The molecule has 1 atom stereocenters. The molecule has 2 aliphatic heterocycles. The number of hydrogen-bond donors (Lipinski definition) is 1. The molecule has 1 amide bonds. The van der Waals surface area contributed by atoms with Crippen molar-refractivity contribution in [1.82, 2.24) is 20.0 Å². The van der Waals surface area contributed by atoms with Crippen molar-refractivity contribution in [3.05, 3.63) is 35.9 Å². The first kappa shape index (κ1) is 20.1. The molecule has 6 heteroatoms. The van der Waals surface area contributed by atoms with E-state index in [1.807, 2.05) is 11.0 Å². The second-order valence-corrected chi connectivity index (χ2v) is 8.84. The molecule has 1 aromatic carbocycles. The molecule has 1 aromatic rings. The zero-order chi connectivity index (χ0) is 19.4. The molecule has 5 nitrogen and oxygen atoms in total. The number of hydrogen-bond acceptors (Lipinski definition) is 3. The summed E-state index contributed by atoms with van der Waals surface area (Å²) in [5.41, 5.74) is 1.37. The summed E-state index contributed by atoms with van der Waals surface area (Å²) in [5.74, 6) is 0.245. The molecule has 0 radical (unpaired) electrons. The van der Waals surface area contributed by atoms with Gasteiger partial charge in [0.05, 0.1) is 0 Å². The average Bonchev–Trinajstić information content (AvgIpc) is 2.61. The molecule has 2 saturated heterocycles. The van der Waals surface area contributed by atoms with Gasteiger partial charge in [0.1, 0.15) is 0 Å². The molecule has 1 N–H and O–H groups in total. The van der Waals surface area contributed by atoms with Crippen LogP contribution in [0.2, 0.25) is 0 Å². The predicted molar refractivity (Wildman–Crippen MR) is 114 cm³/mol. The van der Waals surface area contributed by atoms with E-state index in [1.165, 1.54) is 5.56 Å². The number of thiocarbonyl (C=S) groups is 1. The van der Waals surface area contributed by atoms with Crippen molar-refractivity contribution >= 4 is 23.2 Å². The lowest BCUT2D eigenvalue weighted by Gasteiger charge is -2.45. The summed E-state index contributed by atoms with van der Waals surface area (Å²) in [5, 5.41) is 4.17. The third-order valence-electron chi connectivity index (χ3n) is 5.58. The van der Waals surface area contributed by atoms with Gasteiger partial charge in [-0.2, -0.15) is 0 Å². The molecular weight excluding hydrogens is 356 g/mol. The maximum absolute atomic E-state index is 12.7. The van der Waals surface area contributed by atoms with Crippen molar-refractivity contribution < 1.29 is 4.79 Å². The monoisotopic (exact) mass is 388 g/mol. The first-order valence-electron chi connectivity index (χ1n) is 9.97. The van der Waals surface area contributed by atoms with E-state index in [-0.39, 0.29) is 11.4 Å². The number of carbonyl (C=O) groups excluding carboxylic acids is 1. The van der Waals surface area contributed by atoms with Crippen LogP contribution in [0.5, 0.6) is 0 Å². The van der Waals surface area contributed by atoms with Crippen molar-refractivity contribution in [2.45, 2.75) is 51.7 Å². The molecule has 0 bridgehead atoms. The maximum atomic E-state index is 12.7. The molecule has 0 aromatic heterocycles. The molecule has 2 fully saturated rings. The van der Waals surface area contributed by atoms with Crippen LogP contribution in [-0.4, -0.2) is 70.0 Å². The van der Waals surface area contributed by atoms with Crippen molar-refractivity contribution in [2.24, 2.45) is 0 Å². The lowest BCUT2D eigenvalue weighted by atomic mass is 9.93. The first-order valence-corrected chi connectivity index (χ1v) is 10.4. The highest BCUT2D eigenvalue weighted by atomic mass is 32.1. The largest absolute Gasteiger partial charge is 0.358 e. The van der Waals surface area contributed by atoms with Gasteiger partial charge in [-0.1, -0.05) is 30.3 Å². The van der Waals surface area contributed by atoms with Crippen molar-refractivity contribution in [3.63, 3.8) is 0 Å². The lowest BCUT2D eigenvalue weighted by molar-refractivity contribution is -0.133. The molecule has 27 heavy (non-hydrogen) atoms. The summed E-state index contributed by atoms with van der Waals surface area (Å²) >= 11 is 5.52. The number of piperazine rings is 1. The highest BCUT2D eigenvalue weighted by Gasteiger charge is 2.33. The second kappa shape index (κ2) is 8.57. The average molecular weight is 389 g/mol. The summed E-state index contributed by atoms with van der Waals surface area (Å²) in [6, 6.07) is 10.9. The van der Waals surface area contributed by atoms with Gasteiger partial charge in [0.25, 0.3) is 0 Å². The smallest absolute Gasteiger partial charge is 0.224 e. The van der Waals surface area contributed by atoms with E-state index in [1.54, 1.807) is 0 Å². The summed E-state index contributed by atoms with van der Waals surface area (Å²) in [4.78, 5) is 19.3. The Kier molecular flexibility index (Phi) is 6.37. The van der Waals surface area contributed by atoms with Gasteiger partial charge >= 0.3 is 0 Å². The number of amides is 1. The number of nitrogens with one attached hydrogen (secondary N) is 1. The Morgan fingerprint density at radius 3 is 2.48 bits per heavy atom.